The second-order valence-corrected chi connectivity index (χ2v) is 4.17. The maximum absolute atomic E-state index is 3.44. The minimum atomic E-state index is 0.722. The first-order chi connectivity index (χ1) is 4.84. The van der Waals surface area contributed by atoms with E-state index >= 15 is 0 Å². The summed E-state index contributed by atoms with van der Waals surface area (Å²) in [5.74, 6) is 0.722. The molecule has 1 aromatic heterocycles. The molecule has 0 fully saturated rings. The molecule has 0 amide bonds. The van der Waals surface area contributed by atoms with Gasteiger partial charge in [-0.05, 0) is 23.8 Å². The molecule has 0 saturated heterocycles. The Morgan fingerprint density at radius 3 is 3.00 bits per heavy atom. The molecule has 0 N–H and O–H groups in total. The molecule has 56 valence electrons. The highest BCUT2D eigenvalue weighted by molar-refractivity contribution is 9.09. The smallest absolute Gasteiger partial charge is 0.00737 e. The molecular weight excluding hydrogens is 208 g/mol. The number of halogens is 1. The highest BCUT2D eigenvalue weighted by Crippen LogP contribution is 2.23. The summed E-state index contributed by atoms with van der Waals surface area (Å²) in [6, 6.07) is 4.32. The van der Waals surface area contributed by atoms with Gasteiger partial charge < -0.3 is 0 Å². The second kappa shape index (κ2) is 4.14. The predicted octanol–water partition coefficient (Wildman–Crippen LogP) is 3.64. The zero-order valence-corrected chi connectivity index (χ0v) is 8.41. The molecule has 0 aliphatic carbocycles. The van der Waals surface area contributed by atoms with Crippen LogP contribution in [0.1, 0.15) is 24.1 Å². The van der Waals surface area contributed by atoms with Crippen LogP contribution in [0.15, 0.2) is 17.5 Å². The van der Waals surface area contributed by atoms with Gasteiger partial charge >= 0.3 is 0 Å². The van der Waals surface area contributed by atoms with Gasteiger partial charge in [-0.3, -0.25) is 0 Å². The fourth-order valence-electron chi connectivity index (χ4n) is 0.878. The molecule has 0 nitrogen and oxygen atoms in total. The first-order valence-corrected chi connectivity index (χ1v) is 5.44. The van der Waals surface area contributed by atoms with E-state index in [2.05, 4.69) is 40.4 Å². The largest absolute Gasteiger partial charge is 0.149 e. The van der Waals surface area contributed by atoms with E-state index in [1.807, 2.05) is 11.3 Å². The third kappa shape index (κ3) is 2.10. The lowest BCUT2D eigenvalue weighted by atomic mass is 10.1. The molecule has 0 saturated carbocycles. The number of hydrogen-bond acceptors (Lipinski definition) is 1. The van der Waals surface area contributed by atoms with Crippen LogP contribution in [0.4, 0.5) is 0 Å². The minimum Gasteiger partial charge on any atom is -0.149 e. The van der Waals surface area contributed by atoms with E-state index in [4.69, 9.17) is 0 Å². The molecule has 1 unspecified atom stereocenters. The van der Waals surface area contributed by atoms with E-state index < -0.39 is 0 Å². The van der Waals surface area contributed by atoms with Gasteiger partial charge in [-0.1, -0.05) is 28.9 Å². The van der Waals surface area contributed by atoms with Gasteiger partial charge in [0.05, 0.1) is 0 Å². The lowest BCUT2D eigenvalue weighted by molar-refractivity contribution is 0.759. The highest BCUT2D eigenvalue weighted by Gasteiger charge is 2.03. The van der Waals surface area contributed by atoms with E-state index in [1.54, 1.807) is 0 Å². The Hall–Kier alpha value is 0.180. The fraction of sp³-hybridized carbons (Fsp3) is 0.500. The molecule has 1 atom stereocenters. The monoisotopic (exact) mass is 218 g/mol. The van der Waals surface area contributed by atoms with Crippen LogP contribution in [0.2, 0.25) is 0 Å². The van der Waals surface area contributed by atoms with Gasteiger partial charge in [0.2, 0.25) is 0 Å². The Balaban J connectivity index is 2.50. The molecule has 0 aromatic carbocycles. The first kappa shape index (κ1) is 8.28. The van der Waals surface area contributed by atoms with Crippen LogP contribution in [0, 0.1) is 0 Å². The van der Waals surface area contributed by atoms with E-state index in [-0.39, 0.29) is 0 Å². The molecular formula is C8H11BrS. The maximum atomic E-state index is 3.44. The van der Waals surface area contributed by atoms with Crippen LogP contribution < -0.4 is 0 Å². The van der Waals surface area contributed by atoms with Gasteiger partial charge in [0.15, 0.2) is 0 Å². The van der Waals surface area contributed by atoms with Crippen LogP contribution in [0.25, 0.3) is 0 Å². The molecule has 1 aromatic rings. The van der Waals surface area contributed by atoms with E-state index in [0.717, 1.165) is 11.2 Å². The van der Waals surface area contributed by atoms with Gasteiger partial charge in [-0.25, -0.2) is 0 Å². The van der Waals surface area contributed by atoms with E-state index in [1.165, 1.54) is 11.3 Å². The Labute approximate surface area is 74.4 Å². The number of rotatable bonds is 3. The number of hydrogen-bond donors (Lipinski definition) is 0. The van der Waals surface area contributed by atoms with Gasteiger partial charge in [-0.2, -0.15) is 0 Å². The molecule has 0 radical (unpaired) electrons. The summed E-state index contributed by atoms with van der Waals surface area (Å²) in [5, 5.41) is 3.24. The quantitative estimate of drug-likeness (QED) is 0.681. The summed E-state index contributed by atoms with van der Waals surface area (Å²) in [5.41, 5.74) is 0. The predicted molar refractivity (Wildman–Crippen MR) is 51.1 cm³/mol. The zero-order chi connectivity index (χ0) is 7.40. The summed E-state index contributed by atoms with van der Waals surface area (Å²) in [4.78, 5) is 1.50. The molecule has 2 heteroatoms. The second-order valence-electron chi connectivity index (χ2n) is 2.39. The minimum absolute atomic E-state index is 0.722. The standard InChI is InChI=1S/C8H11BrS/c1-7(4-5-9)8-3-2-6-10-8/h2-3,6-7H,4-5H2,1H3. The molecule has 0 bridgehead atoms. The number of alkyl halides is 1. The molecule has 1 heterocycles. The zero-order valence-electron chi connectivity index (χ0n) is 6.01. The van der Waals surface area contributed by atoms with Crippen molar-refractivity contribution in [2.75, 3.05) is 5.33 Å². The average Bonchev–Trinajstić information content (AvgIpc) is 2.38. The van der Waals surface area contributed by atoms with Crippen molar-refractivity contribution in [2.45, 2.75) is 19.3 Å². The van der Waals surface area contributed by atoms with Crippen molar-refractivity contribution in [3.8, 4) is 0 Å². The van der Waals surface area contributed by atoms with Crippen molar-refractivity contribution < 1.29 is 0 Å². The summed E-state index contributed by atoms with van der Waals surface area (Å²) >= 11 is 5.29. The Morgan fingerprint density at radius 2 is 2.50 bits per heavy atom. The average molecular weight is 219 g/mol. The van der Waals surface area contributed by atoms with Gasteiger partial charge in [-0.15, -0.1) is 11.3 Å². The van der Waals surface area contributed by atoms with Gasteiger partial charge in [0.25, 0.3) is 0 Å². The van der Waals surface area contributed by atoms with E-state index in [0.29, 0.717) is 0 Å². The van der Waals surface area contributed by atoms with Gasteiger partial charge in [0, 0.05) is 10.2 Å². The van der Waals surface area contributed by atoms with Gasteiger partial charge in [0.1, 0.15) is 0 Å². The molecule has 10 heavy (non-hydrogen) atoms. The summed E-state index contributed by atoms with van der Waals surface area (Å²) in [6.45, 7) is 2.27. The van der Waals surface area contributed by atoms with Crippen LogP contribution in [-0.4, -0.2) is 5.33 Å². The molecule has 0 aliphatic rings. The molecule has 0 spiro atoms. The van der Waals surface area contributed by atoms with Crippen molar-refractivity contribution in [2.24, 2.45) is 0 Å². The third-order valence-electron chi connectivity index (χ3n) is 1.57. The Kier molecular flexibility index (Phi) is 3.43. The van der Waals surface area contributed by atoms with Crippen LogP contribution in [0.3, 0.4) is 0 Å². The highest BCUT2D eigenvalue weighted by atomic mass is 79.9. The van der Waals surface area contributed by atoms with Crippen LogP contribution >= 0.6 is 27.3 Å². The normalized spacial score (nSPS) is 13.4. The fourth-order valence-corrected chi connectivity index (χ4v) is 2.39. The SMILES string of the molecule is CC(CCBr)c1cccs1. The first-order valence-electron chi connectivity index (χ1n) is 3.44. The lowest BCUT2D eigenvalue weighted by Gasteiger charge is -2.04. The van der Waals surface area contributed by atoms with Crippen LogP contribution in [0.5, 0.6) is 0 Å². The third-order valence-corrected chi connectivity index (χ3v) is 3.13. The van der Waals surface area contributed by atoms with Crippen molar-refractivity contribution in [3.63, 3.8) is 0 Å². The molecule has 1 rings (SSSR count). The molecule has 0 aliphatic heterocycles. The van der Waals surface area contributed by atoms with Crippen LogP contribution in [-0.2, 0) is 0 Å². The Bertz CT molecular complexity index is 169. The van der Waals surface area contributed by atoms with Crippen molar-refractivity contribution in [1.29, 1.82) is 0 Å². The summed E-state index contributed by atoms with van der Waals surface area (Å²) in [6.07, 6.45) is 1.24. The maximum Gasteiger partial charge on any atom is 0.00737 e. The lowest BCUT2D eigenvalue weighted by Crippen LogP contribution is -1.89. The Morgan fingerprint density at radius 1 is 1.70 bits per heavy atom. The summed E-state index contributed by atoms with van der Waals surface area (Å²) in [7, 11) is 0. The summed E-state index contributed by atoms with van der Waals surface area (Å²) < 4.78 is 0. The van der Waals surface area contributed by atoms with E-state index in [9.17, 15) is 0 Å². The topological polar surface area (TPSA) is 0 Å². The van der Waals surface area contributed by atoms with Crippen molar-refractivity contribution in [1.82, 2.24) is 0 Å². The van der Waals surface area contributed by atoms with Crippen molar-refractivity contribution >= 4 is 27.3 Å². The van der Waals surface area contributed by atoms with Crippen molar-refractivity contribution in [3.05, 3.63) is 22.4 Å². The number of thiophene rings is 1.